The molecule has 26 heavy (non-hydrogen) atoms. The van der Waals surface area contributed by atoms with E-state index >= 15 is 0 Å². The molecular weight excluding hydrogens is 336 g/mol. The first kappa shape index (κ1) is 17.8. The second-order valence-electron chi connectivity index (χ2n) is 5.96. The Bertz CT molecular complexity index is 794. The van der Waals surface area contributed by atoms with Gasteiger partial charge in [-0.05, 0) is 23.8 Å². The molecule has 0 radical (unpaired) electrons. The van der Waals surface area contributed by atoms with Crippen molar-refractivity contribution in [2.24, 2.45) is 0 Å². The molecule has 3 rings (SSSR count). The number of aliphatic hydroxyl groups is 1. The maximum absolute atomic E-state index is 12.5. The van der Waals surface area contributed by atoms with Gasteiger partial charge in [0.1, 0.15) is 6.04 Å². The highest BCUT2D eigenvalue weighted by Gasteiger charge is 2.25. The van der Waals surface area contributed by atoms with E-state index < -0.39 is 18.6 Å². The molecule has 0 saturated carbocycles. The van der Waals surface area contributed by atoms with E-state index in [1.807, 2.05) is 30.3 Å². The SMILES string of the molecule is CN(Cc1ccccc1)C(=O)C(CO)NC(=O)c1ccc2c(c1)OCO2. The molecule has 136 valence electrons. The number of carbonyl (C=O) groups excluding carboxylic acids is 2. The summed E-state index contributed by atoms with van der Waals surface area (Å²) >= 11 is 0. The Balaban J connectivity index is 1.64. The molecule has 1 atom stereocenters. The number of likely N-dealkylation sites (N-methyl/N-ethyl adjacent to an activating group) is 1. The number of nitrogens with one attached hydrogen (secondary N) is 1. The van der Waals surface area contributed by atoms with Crippen molar-refractivity contribution in [3.63, 3.8) is 0 Å². The molecule has 2 aromatic rings. The zero-order valence-corrected chi connectivity index (χ0v) is 14.3. The number of hydrogen-bond acceptors (Lipinski definition) is 5. The summed E-state index contributed by atoms with van der Waals surface area (Å²) in [5.41, 5.74) is 1.29. The Hall–Kier alpha value is -3.06. The summed E-state index contributed by atoms with van der Waals surface area (Å²) in [6, 6.07) is 13.2. The summed E-state index contributed by atoms with van der Waals surface area (Å²) in [5.74, 6) is 0.207. The highest BCUT2D eigenvalue weighted by Crippen LogP contribution is 2.32. The van der Waals surface area contributed by atoms with Crippen LogP contribution in [-0.4, -0.2) is 48.3 Å². The van der Waals surface area contributed by atoms with E-state index in [9.17, 15) is 14.7 Å². The molecule has 0 saturated heterocycles. The first-order valence-electron chi connectivity index (χ1n) is 8.18. The number of nitrogens with zero attached hydrogens (tertiary/aromatic N) is 1. The fourth-order valence-corrected chi connectivity index (χ4v) is 2.67. The molecule has 1 aliphatic rings. The first-order valence-corrected chi connectivity index (χ1v) is 8.18. The zero-order chi connectivity index (χ0) is 18.5. The number of carbonyl (C=O) groups is 2. The minimum Gasteiger partial charge on any atom is -0.454 e. The Morgan fingerprint density at radius 1 is 1.15 bits per heavy atom. The van der Waals surface area contributed by atoms with Gasteiger partial charge >= 0.3 is 0 Å². The van der Waals surface area contributed by atoms with E-state index in [-0.39, 0.29) is 12.7 Å². The molecule has 0 aromatic heterocycles. The largest absolute Gasteiger partial charge is 0.454 e. The lowest BCUT2D eigenvalue weighted by Gasteiger charge is -2.23. The predicted octanol–water partition coefficient (Wildman–Crippen LogP) is 1.16. The van der Waals surface area contributed by atoms with Gasteiger partial charge in [0, 0.05) is 19.2 Å². The lowest BCUT2D eigenvalue weighted by molar-refractivity contribution is -0.133. The van der Waals surface area contributed by atoms with Gasteiger partial charge in [-0.2, -0.15) is 0 Å². The topological polar surface area (TPSA) is 88.1 Å². The van der Waals surface area contributed by atoms with Crippen LogP contribution in [0.4, 0.5) is 0 Å². The molecule has 1 unspecified atom stereocenters. The summed E-state index contributed by atoms with van der Waals surface area (Å²) in [6.45, 7) is 0.00671. The van der Waals surface area contributed by atoms with Crippen molar-refractivity contribution in [3.05, 3.63) is 59.7 Å². The van der Waals surface area contributed by atoms with Crippen molar-refractivity contribution in [2.45, 2.75) is 12.6 Å². The van der Waals surface area contributed by atoms with Crippen LogP contribution < -0.4 is 14.8 Å². The van der Waals surface area contributed by atoms with Crippen LogP contribution in [-0.2, 0) is 11.3 Å². The van der Waals surface area contributed by atoms with Gasteiger partial charge in [-0.25, -0.2) is 0 Å². The summed E-state index contributed by atoms with van der Waals surface area (Å²) in [6.07, 6.45) is 0. The van der Waals surface area contributed by atoms with Crippen LogP contribution in [0.25, 0.3) is 0 Å². The number of benzene rings is 2. The third-order valence-electron chi connectivity index (χ3n) is 4.06. The van der Waals surface area contributed by atoms with E-state index in [1.165, 1.54) is 4.90 Å². The van der Waals surface area contributed by atoms with Gasteiger partial charge in [0.15, 0.2) is 11.5 Å². The van der Waals surface area contributed by atoms with E-state index in [0.29, 0.717) is 23.6 Å². The number of hydrogen-bond donors (Lipinski definition) is 2. The minimum absolute atomic E-state index is 0.114. The van der Waals surface area contributed by atoms with Crippen molar-refractivity contribution >= 4 is 11.8 Å². The van der Waals surface area contributed by atoms with Crippen molar-refractivity contribution in [1.29, 1.82) is 0 Å². The third-order valence-corrected chi connectivity index (χ3v) is 4.06. The maximum atomic E-state index is 12.5. The summed E-state index contributed by atoms with van der Waals surface area (Å²) in [4.78, 5) is 26.4. The second kappa shape index (κ2) is 7.88. The first-order chi connectivity index (χ1) is 12.6. The summed E-state index contributed by atoms with van der Waals surface area (Å²) in [7, 11) is 1.63. The van der Waals surface area contributed by atoms with Crippen molar-refractivity contribution in [3.8, 4) is 11.5 Å². The molecule has 0 aliphatic carbocycles. The maximum Gasteiger partial charge on any atom is 0.252 e. The number of aliphatic hydroxyl groups excluding tert-OH is 1. The zero-order valence-electron chi connectivity index (χ0n) is 14.3. The molecular formula is C19H20N2O5. The van der Waals surface area contributed by atoms with Crippen molar-refractivity contribution < 1.29 is 24.2 Å². The minimum atomic E-state index is -1.03. The highest BCUT2D eigenvalue weighted by molar-refractivity contribution is 5.98. The number of ether oxygens (including phenoxy) is 2. The van der Waals surface area contributed by atoms with Crippen molar-refractivity contribution in [1.82, 2.24) is 10.2 Å². The average molecular weight is 356 g/mol. The van der Waals surface area contributed by atoms with Crippen molar-refractivity contribution in [2.75, 3.05) is 20.4 Å². The van der Waals surface area contributed by atoms with Gasteiger partial charge in [-0.3, -0.25) is 9.59 Å². The smallest absolute Gasteiger partial charge is 0.252 e. The molecule has 2 N–H and O–H groups in total. The molecule has 0 fully saturated rings. The monoisotopic (exact) mass is 356 g/mol. The Morgan fingerprint density at radius 2 is 1.88 bits per heavy atom. The summed E-state index contributed by atoms with van der Waals surface area (Å²) < 4.78 is 10.5. The van der Waals surface area contributed by atoms with E-state index in [0.717, 1.165) is 5.56 Å². The van der Waals surface area contributed by atoms with Crippen LogP contribution in [0.15, 0.2) is 48.5 Å². The Morgan fingerprint density at radius 3 is 2.62 bits per heavy atom. The van der Waals surface area contributed by atoms with E-state index in [2.05, 4.69) is 5.32 Å². The number of rotatable bonds is 6. The predicted molar refractivity (Wildman–Crippen MR) is 93.8 cm³/mol. The van der Waals surface area contributed by atoms with E-state index in [4.69, 9.17) is 9.47 Å². The van der Waals surface area contributed by atoms with Gasteiger partial charge in [0.05, 0.1) is 6.61 Å². The van der Waals surface area contributed by atoms with E-state index in [1.54, 1.807) is 25.2 Å². The standard InChI is InChI=1S/C19H20N2O5/c1-21(10-13-5-3-2-4-6-13)19(24)15(11-22)20-18(23)14-7-8-16-17(9-14)26-12-25-16/h2-9,15,22H,10-12H2,1H3,(H,20,23). The van der Waals surface area contributed by atoms with Crippen LogP contribution in [0, 0.1) is 0 Å². The van der Waals surface area contributed by atoms with Crippen LogP contribution in [0.2, 0.25) is 0 Å². The normalized spacial score (nSPS) is 13.2. The molecule has 1 heterocycles. The van der Waals surface area contributed by atoms with Gasteiger partial charge in [0.25, 0.3) is 5.91 Å². The lowest BCUT2D eigenvalue weighted by Crippen LogP contribution is -2.49. The van der Waals surface area contributed by atoms with Gasteiger partial charge < -0.3 is 24.8 Å². The number of fused-ring (bicyclic) bond motifs is 1. The fourth-order valence-electron chi connectivity index (χ4n) is 2.67. The number of amides is 2. The summed E-state index contributed by atoms with van der Waals surface area (Å²) in [5, 5.41) is 12.1. The molecule has 7 heteroatoms. The molecule has 0 spiro atoms. The molecule has 2 amide bonds. The third kappa shape index (κ3) is 3.94. The quantitative estimate of drug-likeness (QED) is 0.811. The average Bonchev–Trinajstić information content (AvgIpc) is 3.14. The lowest BCUT2D eigenvalue weighted by atomic mass is 10.1. The van der Waals surface area contributed by atoms with Crippen LogP contribution in [0.3, 0.4) is 0 Å². The van der Waals surface area contributed by atoms with Crippen LogP contribution in [0.1, 0.15) is 15.9 Å². The van der Waals surface area contributed by atoms with Crippen LogP contribution >= 0.6 is 0 Å². The fraction of sp³-hybridized carbons (Fsp3) is 0.263. The highest BCUT2D eigenvalue weighted by atomic mass is 16.7. The Labute approximate surface area is 151 Å². The van der Waals surface area contributed by atoms with Crippen LogP contribution in [0.5, 0.6) is 11.5 Å². The molecule has 7 nitrogen and oxygen atoms in total. The molecule has 2 aromatic carbocycles. The van der Waals surface area contributed by atoms with Gasteiger partial charge in [-0.15, -0.1) is 0 Å². The second-order valence-corrected chi connectivity index (χ2v) is 5.96. The van der Waals surface area contributed by atoms with Gasteiger partial charge in [0.2, 0.25) is 12.7 Å². The Kier molecular flexibility index (Phi) is 5.38. The molecule has 1 aliphatic heterocycles. The molecule has 0 bridgehead atoms. The van der Waals surface area contributed by atoms with Gasteiger partial charge in [-0.1, -0.05) is 30.3 Å².